The summed E-state index contributed by atoms with van der Waals surface area (Å²) in [6.45, 7) is 8.51. The second-order valence-electron chi connectivity index (χ2n) is 5.23. The minimum atomic E-state index is -0.951. The van der Waals surface area contributed by atoms with E-state index >= 15 is 0 Å². The Hall–Kier alpha value is -1.34. The maximum atomic E-state index is 12.1. The van der Waals surface area contributed by atoms with Gasteiger partial charge in [-0.3, -0.25) is 9.69 Å². The summed E-state index contributed by atoms with van der Waals surface area (Å²) in [4.78, 5) is 14.4. The van der Waals surface area contributed by atoms with Crippen LogP contribution >= 0.6 is 0 Å². The molecule has 0 aliphatic carbocycles. The lowest BCUT2D eigenvalue weighted by Gasteiger charge is -2.27. The Bertz CT molecular complexity index is 343. The number of amides is 1. The minimum absolute atomic E-state index is 0.0503. The topological polar surface area (TPSA) is 100 Å². The molecule has 20 heavy (non-hydrogen) atoms. The molecule has 1 saturated heterocycles. The number of oxime groups is 1. The number of morpholine rings is 1. The molecule has 0 aromatic heterocycles. The van der Waals surface area contributed by atoms with Gasteiger partial charge in [0, 0.05) is 19.6 Å². The molecule has 0 radical (unpaired) electrons. The van der Waals surface area contributed by atoms with Crippen molar-refractivity contribution in [2.24, 2.45) is 16.3 Å². The molecule has 7 nitrogen and oxygen atoms in total. The SMILES string of the molecule is CCC(C)(C(=O)NCCCN1CCOCC1)C(N)=NO. The molecule has 0 spiro atoms. The van der Waals surface area contributed by atoms with E-state index in [9.17, 15) is 4.79 Å². The summed E-state index contributed by atoms with van der Waals surface area (Å²) in [5, 5.41) is 14.6. The normalized spacial score (nSPS) is 20.4. The zero-order valence-corrected chi connectivity index (χ0v) is 12.4. The van der Waals surface area contributed by atoms with Gasteiger partial charge in [-0.15, -0.1) is 0 Å². The first-order chi connectivity index (χ1) is 9.54. The number of nitrogens with two attached hydrogens (primary N) is 1. The van der Waals surface area contributed by atoms with Crippen molar-refractivity contribution in [3.8, 4) is 0 Å². The van der Waals surface area contributed by atoms with Crippen LogP contribution in [0.4, 0.5) is 0 Å². The average molecular weight is 286 g/mol. The van der Waals surface area contributed by atoms with Crippen LogP contribution in [0.3, 0.4) is 0 Å². The lowest BCUT2D eigenvalue weighted by Crippen LogP contribution is -2.48. The third kappa shape index (κ3) is 4.35. The van der Waals surface area contributed by atoms with Gasteiger partial charge in [0.25, 0.3) is 0 Å². The van der Waals surface area contributed by atoms with Crippen LogP contribution in [-0.4, -0.2) is 61.2 Å². The Morgan fingerprint density at radius 3 is 2.70 bits per heavy atom. The largest absolute Gasteiger partial charge is 0.409 e. The van der Waals surface area contributed by atoms with Gasteiger partial charge in [-0.05, 0) is 26.3 Å². The van der Waals surface area contributed by atoms with E-state index in [1.807, 2.05) is 6.92 Å². The van der Waals surface area contributed by atoms with Gasteiger partial charge < -0.3 is 21.0 Å². The van der Waals surface area contributed by atoms with Gasteiger partial charge in [0.1, 0.15) is 5.41 Å². The van der Waals surface area contributed by atoms with Crippen LogP contribution in [0.25, 0.3) is 0 Å². The summed E-state index contributed by atoms with van der Waals surface area (Å²) in [5.74, 6) is -0.247. The molecule has 1 heterocycles. The summed E-state index contributed by atoms with van der Waals surface area (Å²) >= 11 is 0. The third-order valence-electron chi connectivity index (χ3n) is 3.92. The van der Waals surface area contributed by atoms with Crippen molar-refractivity contribution in [1.29, 1.82) is 0 Å². The molecular weight excluding hydrogens is 260 g/mol. The lowest BCUT2D eigenvalue weighted by atomic mass is 9.85. The molecular formula is C13H26N4O3. The van der Waals surface area contributed by atoms with Crippen molar-refractivity contribution in [3.05, 3.63) is 0 Å². The predicted octanol–water partition coefficient (Wildman–Crippen LogP) is -0.0124. The van der Waals surface area contributed by atoms with E-state index in [-0.39, 0.29) is 11.7 Å². The summed E-state index contributed by atoms with van der Waals surface area (Å²) in [6, 6.07) is 0. The Balaban J connectivity index is 2.31. The van der Waals surface area contributed by atoms with E-state index in [2.05, 4.69) is 15.4 Å². The van der Waals surface area contributed by atoms with Gasteiger partial charge in [-0.1, -0.05) is 12.1 Å². The Labute approximate surface area is 120 Å². The number of ether oxygens (including phenoxy) is 1. The molecule has 0 aromatic carbocycles. The first-order valence-electron chi connectivity index (χ1n) is 7.11. The Kier molecular flexibility index (Phi) is 6.74. The van der Waals surface area contributed by atoms with Crippen LogP contribution in [0.2, 0.25) is 0 Å². The number of hydrogen-bond acceptors (Lipinski definition) is 5. The van der Waals surface area contributed by atoms with Crippen LogP contribution < -0.4 is 11.1 Å². The second-order valence-corrected chi connectivity index (χ2v) is 5.23. The van der Waals surface area contributed by atoms with Gasteiger partial charge in [-0.25, -0.2) is 0 Å². The Morgan fingerprint density at radius 1 is 1.50 bits per heavy atom. The molecule has 0 aromatic rings. The smallest absolute Gasteiger partial charge is 0.233 e. The molecule has 7 heteroatoms. The van der Waals surface area contributed by atoms with E-state index in [0.717, 1.165) is 39.3 Å². The lowest BCUT2D eigenvalue weighted by molar-refractivity contribution is -0.127. The average Bonchev–Trinajstić information content (AvgIpc) is 2.50. The maximum absolute atomic E-state index is 12.1. The van der Waals surface area contributed by atoms with Crippen molar-refractivity contribution >= 4 is 11.7 Å². The van der Waals surface area contributed by atoms with Crippen LogP contribution in [0.5, 0.6) is 0 Å². The number of rotatable bonds is 7. The zero-order valence-electron chi connectivity index (χ0n) is 12.4. The quantitative estimate of drug-likeness (QED) is 0.201. The first kappa shape index (κ1) is 16.7. The fraction of sp³-hybridized carbons (Fsp3) is 0.846. The van der Waals surface area contributed by atoms with Crippen LogP contribution in [0.1, 0.15) is 26.7 Å². The van der Waals surface area contributed by atoms with Gasteiger partial charge in [-0.2, -0.15) is 0 Å². The van der Waals surface area contributed by atoms with Gasteiger partial charge in [0.2, 0.25) is 5.91 Å². The summed E-state index contributed by atoms with van der Waals surface area (Å²) in [6.07, 6.45) is 1.36. The summed E-state index contributed by atoms with van der Waals surface area (Å²) in [7, 11) is 0. The molecule has 1 fully saturated rings. The number of carbonyl (C=O) groups excluding carboxylic acids is 1. The molecule has 4 N–H and O–H groups in total. The highest BCUT2D eigenvalue weighted by molar-refractivity contribution is 6.06. The predicted molar refractivity (Wildman–Crippen MR) is 76.7 cm³/mol. The van der Waals surface area contributed by atoms with Gasteiger partial charge >= 0.3 is 0 Å². The van der Waals surface area contributed by atoms with E-state index < -0.39 is 5.41 Å². The molecule has 1 unspecified atom stereocenters. The van der Waals surface area contributed by atoms with Crippen LogP contribution in [0, 0.1) is 5.41 Å². The van der Waals surface area contributed by atoms with Gasteiger partial charge in [0.05, 0.1) is 13.2 Å². The number of hydrogen-bond donors (Lipinski definition) is 3. The summed E-state index contributed by atoms with van der Waals surface area (Å²) in [5.41, 5.74) is 4.65. The monoisotopic (exact) mass is 286 g/mol. The maximum Gasteiger partial charge on any atom is 0.233 e. The van der Waals surface area contributed by atoms with E-state index in [0.29, 0.717) is 13.0 Å². The molecule has 1 atom stereocenters. The number of nitrogens with one attached hydrogen (secondary N) is 1. The molecule has 1 aliphatic rings. The fourth-order valence-electron chi connectivity index (χ4n) is 2.09. The molecule has 116 valence electrons. The highest BCUT2D eigenvalue weighted by atomic mass is 16.5. The zero-order chi connectivity index (χ0) is 15.0. The van der Waals surface area contributed by atoms with Crippen molar-refractivity contribution in [3.63, 3.8) is 0 Å². The second kappa shape index (κ2) is 8.06. The first-order valence-corrected chi connectivity index (χ1v) is 7.11. The van der Waals surface area contributed by atoms with Crippen molar-refractivity contribution in [1.82, 2.24) is 10.2 Å². The molecule has 0 bridgehead atoms. The molecule has 0 saturated carbocycles. The van der Waals surface area contributed by atoms with Crippen LogP contribution in [0.15, 0.2) is 5.16 Å². The van der Waals surface area contributed by atoms with E-state index in [4.69, 9.17) is 15.7 Å². The number of nitrogens with zero attached hydrogens (tertiary/aromatic N) is 2. The van der Waals surface area contributed by atoms with Crippen molar-refractivity contribution in [2.75, 3.05) is 39.4 Å². The van der Waals surface area contributed by atoms with Crippen molar-refractivity contribution in [2.45, 2.75) is 26.7 Å². The highest BCUT2D eigenvalue weighted by Crippen LogP contribution is 2.21. The summed E-state index contributed by atoms with van der Waals surface area (Å²) < 4.78 is 5.28. The Morgan fingerprint density at radius 2 is 2.15 bits per heavy atom. The van der Waals surface area contributed by atoms with Gasteiger partial charge in [0.15, 0.2) is 5.84 Å². The standard InChI is InChI=1S/C13H26N4O3/c1-3-13(2,11(14)16-19)12(18)15-5-4-6-17-7-9-20-10-8-17/h19H,3-10H2,1-2H3,(H2,14,16)(H,15,18). The molecule has 1 aliphatic heterocycles. The third-order valence-corrected chi connectivity index (χ3v) is 3.92. The van der Waals surface area contributed by atoms with E-state index in [1.165, 1.54) is 0 Å². The molecule has 1 amide bonds. The highest BCUT2D eigenvalue weighted by Gasteiger charge is 2.36. The fourth-order valence-corrected chi connectivity index (χ4v) is 2.09. The van der Waals surface area contributed by atoms with E-state index in [1.54, 1.807) is 6.92 Å². The van der Waals surface area contributed by atoms with Crippen LogP contribution in [-0.2, 0) is 9.53 Å². The minimum Gasteiger partial charge on any atom is -0.409 e. The van der Waals surface area contributed by atoms with Crippen molar-refractivity contribution < 1.29 is 14.7 Å². The molecule has 1 rings (SSSR count). The number of carbonyl (C=O) groups is 1. The number of amidine groups is 1.